The lowest BCUT2D eigenvalue weighted by Gasteiger charge is -2.20. The number of nitrogens with one attached hydrogen (secondary N) is 1. The third kappa shape index (κ3) is 4.88. The molecular formula is C14H18N2O3. The quantitative estimate of drug-likeness (QED) is 0.908. The van der Waals surface area contributed by atoms with Crippen molar-refractivity contribution in [2.24, 2.45) is 0 Å². The number of ether oxygens (including phenoxy) is 2. The average Bonchev–Trinajstić information content (AvgIpc) is 2.27. The van der Waals surface area contributed by atoms with E-state index in [4.69, 9.17) is 14.7 Å². The van der Waals surface area contributed by atoms with Gasteiger partial charge < -0.3 is 9.47 Å². The summed E-state index contributed by atoms with van der Waals surface area (Å²) in [5, 5.41) is 11.3. The molecule has 0 bridgehead atoms. The summed E-state index contributed by atoms with van der Waals surface area (Å²) in [4.78, 5) is 11.7. The van der Waals surface area contributed by atoms with Gasteiger partial charge in [-0.3, -0.25) is 5.32 Å². The van der Waals surface area contributed by atoms with Crippen LogP contribution in [0.5, 0.6) is 5.75 Å². The van der Waals surface area contributed by atoms with E-state index in [2.05, 4.69) is 11.4 Å². The van der Waals surface area contributed by atoms with Gasteiger partial charge in [-0.2, -0.15) is 5.26 Å². The summed E-state index contributed by atoms with van der Waals surface area (Å²) in [6.07, 6.45) is -0.285. The molecule has 0 radical (unpaired) electrons. The Morgan fingerprint density at radius 1 is 1.42 bits per heavy atom. The van der Waals surface area contributed by atoms with E-state index in [1.54, 1.807) is 39.0 Å². The minimum absolute atomic E-state index is 0.271. The lowest BCUT2D eigenvalue weighted by Crippen LogP contribution is -2.27. The number of rotatable bonds is 3. The molecule has 0 saturated carbocycles. The second kappa shape index (κ2) is 6.10. The number of carbonyl (C=O) groups excluding carboxylic acids is 1. The molecule has 0 fully saturated rings. The van der Waals surface area contributed by atoms with E-state index in [1.165, 1.54) is 7.11 Å². The molecule has 1 aromatic carbocycles. The largest absolute Gasteiger partial charge is 0.495 e. The first-order valence-electron chi connectivity index (χ1n) is 5.89. The highest BCUT2D eigenvalue weighted by Gasteiger charge is 2.17. The van der Waals surface area contributed by atoms with Crippen molar-refractivity contribution in [3.8, 4) is 11.8 Å². The molecule has 0 saturated heterocycles. The van der Waals surface area contributed by atoms with Gasteiger partial charge in [0.1, 0.15) is 11.4 Å². The van der Waals surface area contributed by atoms with E-state index in [9.17, 15) is 4.79 Å². The van der Waals surface area contributed by atoms with Crippen LogP contribution < -0.4 is 10.1 Å². The van der Waals surface area contributed by atoms with Crippen molar-refractivity contribution in [3.63, 3.8) is 0 Å². The molecule has 1 N–H and O–H groups in total. The summed E-state index contributed by atoms with van der Waals surface area (Å²) < 4.78 is 10.3. The van der Waals surface area contributed by atoms with Gasteiger partial charge in [0.2, 0.25) is 0 Å². The van der Waals surface area contributed by atoms with Gasteiger partial charge in [0.25, 0.3) is 0 Å². The van der Waals surface area contributed by atoms with Crippen LogP contribution in [0.3, 0.4) is 0 Å². The van der Waals surface area contributed by atoms with E-state index in [-0.39, 0.29) is 6.42 Å². The van der Waals surface area contributed by atoms with Crippen molar-refractivity contribution >= 4 is 11.8 Å². The van der Waals surface area contributed by atoms with Crippen LogP contribution in [0.1, 0.15) is 26.3 Å². The first-order chi connectivity index (χ1) is 8.85. The normalized spacial score (nSPS) is 10.5. The number of nitriles is 1. The van der Waals surface area contributed by atoms with Crippen molar-refractivity contribution in [2.75, 3.05) is 12.4 Å². The number of carbonyl (C=O) groups is 1. The van der Waals surface area contributed by atoms with E-state index in [0.717, 1.165) is 5.56 Å². The van der Waals surface area contributed by atoms with Crippen molar-refractivity contribution < 1.29 is 14.3 Å². The van der Waals surface area contributed by atoms with Crippen LogP contribution in [0.4, 0.5) is 10.5 Å². The highest BCUT2D eigenvalue weighted by atomic mass is 16.6. The first-order valence-corrected chi connectivity index (χ1v) is 5.89. The Hall–Kier alpha value is -2.22. The highest BCUT2D eigenvalue weighted by molar-refractivity contribution is 5.87. The highest BCUT2D eigenvalue weighted by Crippen LogP contribution is 2.26. The molecule has 1 aromatic rings. The number of hydrogen-bond acceptors (Lipinski definition) is 4. The predicted octanol–water partition coefficient (Wildman–Crippen LogP) is 3.11. The second-order valence-corrected chi connectivity index (χ2v) is 5.00. The van der Waals surface area contributed by atoms with Crippen LogP contribution in [-0.4, -0.2) is 18.8 Å². The summed E-state index contributed by atoms with van der Waals surface area (Å²) in [5.41, 5.74) is 0.723. The van der Waals surface area contributed by atoms with Crippen LogP contribution in [0.15, 0.2) is 18.2 Å². The molecule has 5 heteroatoms. The Kier molecular flexibility index (Phi) is 4.76. The zero-order valence-electron chi connectivity index (χ0n) is 11.6. The standard InChI is InChI=1S/C14H18N2O3/c1-14(2,3)19-13(17)16-11-9-10(7-8-15)5-6-12(11)18-4/h5-6,9H,7H2,1-4H3,(H,16,17). The fourth-order valence-corrected chi connectivity index (χ4v) is 1.47. The Morgan fingerprint density at radius 2 is 2.11 bits per heavy atom. The molecule has 1 rings (SSSR count). The molecule has 0 atom stereocenters. The maximum atomic E-state index is 11.7. The zero-order valence-corrected chi connectivity index (χ0v) is 11.6. The molecule has 0 aliphatic rings. The molecule has 0 heterocycles. The van der Waals surface area contributed by atoms with Crippen molar-refractivity contribution in [3.05, 3.63) is 23.8 Å². The van der Waals surface area contributed by atoms with Gasteiger partial charge in [-0.1, -0.05) is 6.07 Å². The van der Waals surface area contributed by atoms with Crippen LogP contribution in [-0.2, 0) is 11.2 Å². The molecule has 0 unspecified atom stereocenters. The topological polar surface area (TPSA) is 71.3 Å². The smallest absolute Gasteiger partial charge is 0.412 e. The third-order valence-corrected chi connectivity index (χ3v) is 2.18. The van der Waals surface area contributed by atoms with E-state index < -0.39 is 11.7 Å². The molecule has 0 aromatic heterocycles. The van der Waals surface area contributed by atoms with Crippen molar-refractivity contribution in [2.45, 2.75) is 32.8 Å². The van der Waals surface area contributed by atoms with Gasteiger partial charge in [-0.15, -0.1) is 0 Å². The molecule has 19 heavy (non-hydrogen) atoms. The van der Waals surface area contributed by atoms with Crippen LogP contribution in [0, 0.1) is 11.3 Å². The predicted molar refractivity (Wildman–Crippen MR) is 72.2 cm³/mol. The fraction of sp³-hybridized carbons (Fsp3) is 0.429. The lowest BCUT2D eigenvalue weighted by molar-refractivity contribution is 0.0635. The van der Waals surface area contributed by atoms with E-state index in [0.29, 0.717) is 11.4 Å². The summed E-state index contributed by atoms with van der Waals surface area (Å²) in [7, 11) is 1.51. The monoisotopic (exact) mass is 262 g/mol. The van der Waals surface area contributed by atoms with Crippen LogP contribution in [0.25, 0.3) is 0 Å². The number of anilines is 1. The summed E-state index contributed by atoms with van der Waals surface area (Å²) in [5.74, 6) is 0.521. The van der Waals surface area contributed by atoms with Gasteiger partial charge in [0.15, 0.2) is 0 Å². The number of benzene rings is 1. The molecular weight excluding hydrogens is 244 g/mol. The van der Waals surface area contributed by atoms with Gasteiger partial charge in [0.05, 0.1) is 25.3 Å². The first kappa shape index (κ1) is 14.8. The molecule has 5 nitrogen and oxygen atoms in total. The SMILES string of the molecule is COc1ccc(CC#N)cc1NC(=O)OC(C)(C)C. The molecule has 102 valence electrons. The van der Waals surface area contributed by atoms with Gasteiger partial charge in [-0.25, -0.2) is 4.79 Å². The summed E-state index contributed by atoms with van der Waals surface area (Å²) in [6, 6.07) is 7.24. The number of methoxy groups -OCH3 is 1. The fourth-order valence-electron chi connectivity index (χ4n) is 1.47. The molecule has 1 amide bonds. The Morgan fingerprint density at radius 3 is 2.63 bits per heavy atom. The summed E-state index contributed by atoms with van der Waals surface area (Å²) >= 11 is 0. The van der Waals surface area contributed by atoms with Crippen molar-refractivity contribution in [1.29, 1.82) is 5.26 Å². The van der Waals surface area contributed by atoms with Gasteiger partial charge in [-0.05, 0) is 38.5 Å². The Labute approximate surface area is 113 Å². The van der Waals surface area contributed by atoms with E-state index >= 15 is 0 Å². The average molecular weight is 262 g/mol. The minimum Gasteiger partial charge on any atom is -0.495 e. The van der Waals surface area contributed by atoms with Gasteiger partial charge in [0, 0.05) is 0 Å². The molecule has 0 aliphatic heterocycles. The number of nitrogens with zero attached hydrogens (tertiary/aromatic N) is 1. The molecule has 0 spiro atoms. The van der Waals surface area contributed by atoms with Gasteiger partial charge >= 0.3 is 6.09 Å². The Bertz CT molecular complexity index is 498. The number of amides is 1. The number of hydrogen-bond donors (Lipinski definition) is 1. The van der Waals surface area contributed by atoms with Crippen LogP contribution >= 0.6 is 0 Å². The minimum atomic E-state index is -0.568. The summed E-state index contributed by atoms with van der Waals surface area (Å²) in [6.45, 7) is 5.36. The maximum Gasteiger partial charge on any atom is 0.412 e. The maximum absolute atomic E-state index is 11.7. The Balaban J connectivity index is 2.89. The second-order valence-electron chi connectivity index (χ2n) is 5.00. The molecule has 0 aliphatic carbocycles. The third-order valence-electron chi connectivity index (χ3n) is 2.18. The van der Waals surface area contributed by atoms with Crippen molar-refractivity contribution in [1.82, 2.24) is 0 Å². The van der Waals surface area contributed by atoms with Crippen LogP contribution in [0.2, 0.25) is 0 Å². The lowest BCUT2D eigenvalue weighted by atomic mass is 10.1. The zero-order chi connectivity index (χ0) is 14.5. The van der Waals surface area contributed by atoms with E-state index in [1.807, 2.05) is 0 Å².